The summed E-state index contributed by atoms with van der Waals surface area (Å²) in [6.07, 6.45) is 46.8. The van der Waals surface area contributed by atoms with Gasteiger partial charge in [-0.25, -0.2) is 0 Å². The summed E-state index contributed by atoms with van der Waals surface area (Å²) < 4.78 is 12.2. The zero-order valence-corrected chi connectivity index (χ0v) is 42.2. The van der Waals surface area contributed by atoms with Crippen molar-refractivity contribution in [2.24, 2.45) is 0 Å². The van der Waals surface area contributed by atoms with Crippen molar-refractivity contribution in [3.63, 3.8) is 0 Å². The van der Waals surface area contributed by atoms with E-state index in [1.807, 2.05) is 24.3 Å². The van der Waals surface area contributed by atoms with Gasteiger partial charge < -0.3 is 19.7 Å². The van der Waals surface area contributed by atoms with Gasteiger partial charge in [0.2, 0.25) is 0 Å². The summed E-state index contributed by atoms with van der Waals surface area (Å²) in [4.78, 5) is 0. The van der Waals surface area contributed by atoms with Gasteiger partial charge >= 0.3 is 0 Å². The van der Waals surface area contributed by atoms with E-state index >= 15 is 0 Å². The van der Waals surface area contributed by atoms with Crippen LogP contribution in [-0.2, 0) is 26.1 Å². The zero-order chi connectivity index (χ0) is 46.5. The van der Waals surface area contributed by atoms with Crippen LogP contribution in [0.5, 0.6) is 23.0 Å². The normalized spacial score (nSPS) is 11.4. The molecule has 0 aliphatic heterocycles. The van der Waals surface area contributed by atoms with Gasteiger partial charge in [0.15, 0.2) is 0 Å². The van der Waals surface area contributed by atoms with E-state index in [2.05, 4.69) is 62.4 Å². The zero-order valence-electron chi connectivity index (χ0n) is 42.2. The molecule has 0 unspecified atom stereocenters. The van der Waals surface area contributed by atoms with E-state index in [1.54, 1.807) is 12.1 Å². The van der Waals surface area contributed by atoms with E-state index < -0.39 is 0 Å². The van der Waals surface area contributed by atoms with Gasteiger partial charge in [-0.3, -0.25) is 0 Å². The Morgan fingerprint density at radius 1 is 0.288 bits per heavy atom. The molecule has 0 aromatic heterocycles. The molecule has 0 bridgehead atoms. The average molecular weight is 903 g/mol. The Morgan fingerprint density at radius 2 is 0.530 bits per heavy atom. The minimum absolute atomic E-state index is 0.115. The van der Waals surface area contributed by atoms with Gasteiger partial charge in [-0.15, -0.1) is 0 Å². The number of benzene rings is 4. The van der Waals surface area contributed by atoms with Crippen LogP contribution in [0.1, 0.15) is 242 Å². The summed E-state index contributed by atoms with van der Waals surface area (Å²) in [6.45, 7) is 5.30. The van der Waals surface area contributed by atoms with Gasteiger partial charge in [-0.1, -0.05) is 255 Å². The lowest BCUT2D eigenvalue weighted by Gasteiger charge is -2.12. The molecule has 4 aromatic carbocycles. The highest BCUT2D eigenvalue weighted by atomic mass is 16.5. The van der Waals surface area contributed by atoms with Crippen LogP contribution in [-0.4, -0.2) is 10.2 Å². The first-order valence-corrected chi connectivity index (χ1v) is 27.6. The molecular formula is C62H94O4. The summed E-state index contributed by atoms with van der Waals surface area (Å²) in [7, 11) is 0. The fourth-order valence-corrected chi connectivity index (χ4v) is 9.38. The molecule has 0 heterocycles. The molecule has 0 spiro atoms. The number of hydrogen-bond acceptors (Lipinski definition) is 4. The van der Waals surface area contributed by atoms with Gasteiger partial charge in [0.1, 0.15) is 36.2 Å². The Hall–Kier alpha value is -3.92. The van der Waals surface area contributed by atoms with E-state index in [4.69, 9.17) is 9.47 Å². The SMILES string of the molecule is CCCCCCCCCCCCCCCCCCc1ccc(OCc2ccc(-c3ccc(COc4ccc(CCCCCCCCCCCCCCCCCC)cc4)cc3O)c(O)c2)cc1. The lowest BCUT2D eigenvalue weighted by atomic mass is 10.0. The van der Waals surface area contributed by atoms with Gasteiger partial charge in [0, 0.05) is 11.1 Å². The number of aryl methyl sites for hydroxylation is 2. The Morgan fingerprint density at radius 3 is 0.788 bits per heavy atom. The highest BCUT2D eigenvalue weighted by Gasteiger charge is 2.12. The highest BCUT2D eigenvalue weighted by Crippen LogP contribution is 2.37. The van der Waals surface area contributed by atoms with Crippen molar-refractivity contribution in [2.45, 2.75) is 245 Å². The van der Waals surface area contributed by atoms with Crippen molar-refractivity contribution in [1.29, 1.82) is 0 Å². The van der Waals surface area contributed by atoms with Crippen LogP contribution in [0, 0.1) is 0 Å². The molecule has 4 aromatic rings. The van der Waals surface area contributed by atoms with Gasteiger partial charge in [-0.05, 0) is 84.3 Å². The van der Waals surface area contributed by atoms with Crippen LogP contribution in [0.4, 0.5) is 0 Å². The van der Waals surface area contributed by atoms with Gasteiger partial charge in [0.25, 0.3) is 0 Å². The number of phenolic OH excluding ortho intramolecular Hbond substituents is 2. The molecule has 66 heavy (non-hydrogen) atoms. The lowest BCUT2D eigenvalue weighted by Crippen LogP contribution is -1.97. The minimum atomic E-state index is 0.115. The van der Waals surface area contributed by atoms with Crippen molar-refractivity contribution in [1.82, 2.24) is 0 Å². The summed E-state index contributed by atoms with van der Waals surface area (Å²) in [6, 6.07) is 28.0. The number of phenols is 2. The molecule has 0 fully saturated rings. The molecule has 0 aliphatic carbocycles. The van der Waals surface area contributed by atoms with Gasteiger partial charge in [-0.2, -0.15) is 0 Å². The van der Waals surface area contributed by atoms with Crippen LogP contribution in [0.3, 0.4) is 0 Å². The van der Waals surface area contributed by atoms with Crippen molar-refractivity contribution >= 4 is 0 Å². The maximum atomic E-state index is 11.0. The second-order valence-electron chi connectivity index (χ2n) is 19.7. The predicted molar refractivity (Wildman–Crippen MR) is 283 cm³/mol. The molecular weight excluding hydrogens is 809 g/mol. The second-order valence-corrected chi connectivity index (χ2v) is 19.7. The third kappa shape index (κ3) is 24.7. The Kier molecular flexibility index (Phi) is 30.0. The van der Waals surface area contributed by atoms with Crippen LogP contribution < -0.4 is 9.47 Å². The number of ether oxygens (including phenoxy) is 2. The third-order valence-corrected chi connectivity index (χ3v) is 13.7. The van der Waals surface area contributed by atoms with Crippen LogP contribution in [0.15, 0.2) is 84.9 Å². The first-order valence-electron chi connectivity index (χ1n) is 27.6. The second kappa shape index (κ2) is 36.2. The summed E-state index contributed by atoms with van der Waals surface area (Å²) in [5.74, 6) is 1.88. The third-order valence-electron chi connectivity index (χ3n) is 13.7. The molecule has 366 valence electrons. The first-order chi connectivity index (χ1) is 32.6. The Balaban J connectivity index is 1.02. The first kappa shape index (κ1) is 54.7. The smallest absolute Gasteiger partial charge is 0.123 e. The van der Waals surface area contributed by atoms with Crippen molar-refractivity contribution < 1.29 is 19.7 Å². The molecule has 4 heteroatoms. The average Bonchev–Trinajstić information content (AvgIpc) is 3.33. The molecule has 0 aliphatic rings. The van der Waals surface area contributed by atoms with Crippen molar-refractivity contribution in [3.05, 3.63) is 107 Å². The number of aromatic hydroxyl groups is 2. The van der Waals surface area contributed by atoms with E-state index in [0.717, 1.165) is 35.5 Å². The Bertz CT molecular complexity index is 1630. The van der Waals surface area contributed by atoms with E-state index in [-0.39, 0.29) is 11.5 Å². The van der Waals surface area contributed by atoms with Crippen LogP contribution in [0.25, 0.3) is 11.1 Å². The van der Waals surface area contributed by atoms with E-state index in [0.29, 0.717) is 24.3 Å². The van der Waals surface area contributed by atoms with Crippen molar-refractivity contribution in [3.8, 4) is 34.1 Å². The summed E-state index contributed by atoms with van der Waals surface area (Å²) >= 11 is 0. The number of hydrogen-bond donors (Lipinski definition) is 2. The fourth-order valence-electron chi connectivity index (χ4n) is 9.38. The molecule has 0 saturated heterocycles. The molecule has 4 nitrogen and oxygen atoms in total. The topological polar surface area (TPSA) is 58.9 Å². The predicted octanol–water partition coefficient (Wildman–Crippen LogP) is 19.5. The molecule has 0 atom stereocenters. The quantitative estimate of drug-likeness (QED) is 0.0436. The summed E-state index contributed by atoms with van der Waals surface area (Å²) in [5.41, 5.74) is 5.63. The fraction of sp³-hybridized carbons (Fsp3) is 0.613. The standard InChI is InChI=1S/C62H94O4/c1-3-5-7-9-11-13-15-17-19-21-23-25-27-29-31-33-35-53-37-43-57(44-38-53)65-51-55-41-47-59(61(63)49-55)60-48-42-56(50-62(60)64)52-66-58-45-39-54(40-46-58)36-34-32-30-28-26-24-22-20-18-16-14-12-10-8-6-4-2/h37-50,63-64H,3-36,51-52H2,1-2H3. The molecule has 0 radical (unpaired) electrons. The highest BCUT2D eigenvalue weighted by molar-refractivity contribution is 5.76. The molecule has 0 saturated carbocycles. The largest absolute Gasteiger partial charge is 0.507 e. The van der Waals surface area contributed by atoms with Crippen LogP contribution in [0.2, 0.25) is 0 Å². The van der Waals surface area contributed by atoms with E-state index in [1.165, 1.54) is 217 Å². The van der Waals surface area contributed by atoms with Gasteiger partial charge in [0.05, 0.1) is 0 Å². The maximum Gasteiger partial charge on any atom is 0.123 e. The molecule has 2 N–H and O–H groups in total. The Labute approximate surface area is 404 Å². The number of rotatable bonds is 41. The van der Waals surface area contributed by atoms with Crippen LogP contribution >= 0.6 is 0 Å². The monoisotopic (exact) mass is 903 g/mol. The summed E-state index contributed by atoms with van der Waals surface area (Å²) in [5, 5.41) is 21.9. The molecule has 4 rings (SSSR count). The maximum absolute atomic E-state index is 11.0. The molecule has 0 amide bonds. The van der Waals surface area contributed by atoms with Crippen molar-refractivity contribution in [2.75, 3.05) is 0 Å². The lowest BCUT2D eigenvalue weighted by molar-refractivity contribution is 0.305. The van der Waals surface area contributed by atoms with E-state index in [9.17, 15) is 10.2 Å². The minimum Gasteiger partial charge on any atom is -0.507 e. The number of unbranched alkanes of at least 4 members (excludes halogenated alkanes) is 30.